The fraction of sp³-hybridized carbons (Fsp3) is 0.353. The maximum atomic E-state index is 12.5. The molecule has 7 heteroatoms. The molecule has 0 spiro atoms. The van der Waals surface area contributed by atoms with E-state index in [0.29, 0.717) is 33.2 Å². The van der Waals surface area contributed by atoms with Crippen LogP contribution in [0.5, 0.6) is 0 Å². The maximum absolute atomic E-state index is 12.5. The highest BCUT2D eigenvalue weighted by atomic mass is 35.5. The molecule has 0 radical (unpaired) electrons. The van der Waals surface area contributed by atoms with Gasteiger partial charge in [0.2, 0.25) is 5.95 Å². The summed E-state index contributed by atoms with van der Waals surface area (Å²) in [6.45, 7) is 3.75. The number of carbonyl (C=O) groups excluding carboxylic acids is 1. The molecule has 1 aliphatic rings. The standard InChI is InChI=1S/C17H18Cl2N4O/c1-11-3-2-4-23(10-11)16(24)12-8-20-17(21-9-12)22-15-6-13(18)5-14(19)7-15/h5-9,11H,2-4,10H2,1H3,(H,20,21,22). The summed E-state index contributed by atoms with van der Waals surface area (Å²) in [6, 6.07) is 5.10. The SMILES string of the molecule is CC1CCCN(C(=O)c2cnc(Nc3cc(Cl)cc(Cl)c3)nc2)C1. The van der Waals surface area contributed by atoms with Crippen molar-refractivity contribution in [2.24, 2.45) is 5.92 Å². The van der Waals surface area contributed by atoms with Crippen LogP contribution >= 0.6 is 23.2 Å². The molecule has 1 aromatic carbocycles. The lowest BCUT2D eigenvalue weighted by Crippen LogP contribution is -2.39. The molecule has 0 aliphatic carbocycles. The Bertz CT molecular complexity index is 716. The molecule has 1 saturated heterocycles. The van der Waals surface area contributed by atoms with Crippen molar-refractivity contribution in [1.29, 1.82) is 0 Å². The van der Waals surface area contributed by atoms with E-state index in [1.807, 2.05) is 4.90 Å². The largest absolute Gasteiger partial charge is 0.338 e. The van der Waals surface area contributed by atoms with E-state index < -0.39 is 0 Å². The minimum atomic E-state index is -0.0149. The van der Waals surface area contributed by atoms with Gasteiger partial charge in [-0.1, -0.05) is 30.1 Å². The van der Waals surface area contributed by atoms with Crippen LogP contribution in [0.2, 0.25) is 10.0 Å². The molecule has 126 valence electrons. The van der Waals surface area contributed by atoms with Gasteiger partial charge in [0, 0.05) is 41.2 Å². The fourth-order valence-electron chi connectivity index (χ4n) is 2.81. The van der Waals surface area contributed by atoms with Gasteiger partial charge in [0.25, 0.3) is 5.91 Å². The number of hydrogen-bond acceptors (Lipinski definition) is 4. The molecule has 1 fully saturated rings. The van der Waals surface area contributed by atoms with Crippen molar-refractivity contribution < 1.29 is 4.79 Å². The van der Waals surface area contributed by atoms with Crippen LogP contribution < -0.4 is 5.32 Å². The van der Waals surface area contributed by atoms with Crippen LogP contribution in [-0.4, -0.2) is 33.9 Å². The van der Waals surface area contributed by atoms with E-state index in [4.69, 9.17) is 23.2 Å². The van der Waals surface area contributed by atoms with Crippen LogP contribution in [0.1, 0.15) is 30.1 Å². The van der Waals surface area contributed by atoms with Crippen molar-refractivity contribution in [3.8, 4) is 0 Å². The monoisotopic (exact) mass is 364 g/mol. The summed E-state index contributed by atoms with van der Waals surface area (Å²) in [5.41, 5.74) is 1.19. The van der Waals surface area contributed by atoms with Gasteiger partial charge in [0.15, 0.2) is 0 Å². The van der Waals surface area contributed by atoms with Gasteiger partial charge in [-0.3, -0.25) is 4.79 Å². The molecule has 24 heavy (non-hydrogen) atoms. The van der Waals surface area contributed by atoms with Crippen molar-refractivity contribution in [2.45, 2.75) is 19.8 Å². The molecule has 1 unspecified atom stereocenters. The number of amides is 1. The van der Waals surface area contributed by atoms with E-state index in [2.05, 4.69) is 22.2 Å². The Hall–Kier alpha value is -1.85. The van der Waals surface area contributed by atoms with Crippen LogP contribution in [0.25, 0.3) is 0 Å². The van der Waals surface area contributed by atoms with E-state index in [1.54, 1.807) is 30.6 Å². The zero-order chi connectivity index (χ0) is 17.1. The van der Waals surface area contributed by atoms with Crippen molar-refractivity contribution in [1.82, 2.24) is 14.9 Å². The summed E-state index contributed by atoms with van der Waals surface area (Å²) in [7, 11) is 0. The highest BCUT2D eigenvalue weighted by Crippen LogP contribution is 2.24. The fourth-order valence-corrected chi connectivity index (χ4v) is 3.34. The highest BCUT2D eigenvalue weighted by Gasteiger charge is 2.22. The number of hydrogen-bond donors (Lipinski definition) is 1. The minimum absolute atomic E-state index is 0.0149. The van der Waals surface area contributed by atoms with E-state index in [1.165, 1.54) is 6.42 Å². The lowest BCUT2D eigenvalue weighted by atomic mass is 10.00. The third-order valence-corrected chi connectivity index (χ3v) is 4.40. The zero-order valence-electron chi connectivity index (χ0n) is 13.3. The van der Waals surface area contributed by atoms with Gasteiger partial charge in [-0.15, -0.1) is 0 Å². The molecular weight excluding hydrogens is 347 g/mol. The van der Waals surface area contributed by atoms with Crippen molar-refractivity contribution in [3.63, 3.8) is 0 Å². The second kappa shape index (κ2) is 7.36. The summed E-state index contributed by atoms with van der Waals surface area (Å²) >= 11 is 11.9. The van der Waals surface area contributed by atoms with E-state index in [-0.39, 0.29) is 5.91 Å². The van der Waals surface area contributed by atoms with Crippen LogP contribution in [0, 0.1) is 5.92 Å². The Kier molecular flexibility index (Phi) is 5.21. The average Bonchev–Trinajstić information content (AvgIpc) is 2.54. The summed E-state index contributed by atoms with van der Waals surface area (Å²) in [6.07, 6.45) is 5.31. The molecule has 1 atom stereocenters. The number of aromatic nitrogens is 2. The van der Waals surface area contributed by atoms with Gasteiger partial charge in [0.05, 0.1) is 5.56 Å². The van der Waals surface area contributed by atoms with Crippen LogP contribution in [0.4, 0.5) is 11.6 Å². The van der Waals surface area contributed by atoms with Gasteiger partial charge in [-0.2, -0.15) is 0 Å². The van der Waals surface area contributed by atoms with Crippen molar-refractivity contribution in [2.75, 3.05) is 18.4 Å². The minimum Gasteiger partial charge on any atom is -0.338 e. The number of anilines is 2. The first-order valence-corrected chi connectivity index (χ1v) is 8.61. The summed E-state index contributed by atoms with van der Waals surface area (Å²) in [4.78, 5) is 22.8. The summed E-state index contributed by atoms with van der Waals surface area (Å²) in [5, 5.41) is 4.07. The molecule has 1 N–H and O–H groups in total. The Labute approximate surface area is 151 Å². The number of rotatable bonds is 3. The quantitative estimate of drug-likeness (QED) is 0.876. The predicted octanol–water partition coefficient (Wildman–Crippen LogP) is 4.40. The van der Waals surface area contributed by atoms with Crippen LogP contribution in [0.15, 0.2) is 30.6 Å². The van der Waals surface area contributed by atoms with E-state index in [9.17, 15) is 4.79 Å². The number of likely N-dealkylation sites (tertiary alicyclic amines) is 1. The van der Waals surface area contributed by atoms with Crippen LogP contribution in [-0.2, 0) is 0 Å². The third kappa shape index (κ3) is 4.16. The number of piperidine rings is 1. The first-order valence-electron chi connectivity index (χ1n) is 7.86. The van der Waals surface area contributed by atoms with Gasteiger partial charge < -0.3 is 10.2 Å². The summed E-state index contributed by atoms with van der Waals surface area (Å²) < 4.78 is 0. The number of halogens is 2. The normalized spacial score (nSPS) is 17.6. The number of nitrogens with zero attached hydrogens (tertiary/aromatic N) is 3. The lowest BCUT2D eigenvalue weighted by molar-refractivity contribution is 0.0682. The smallest absolute Gasteiger partial charge is 0.257 e. The Morgan fingerprint density at radius 1 is 1.21 bits per heavy atom. The van der Waals surface area contributed by atoms with Gasteiger partial charge in [-0.25, -0.2) is 9.97 Å². The average molecular weight is 365 g/mol. The number of nitrogens with one attached hydrogen (secondary N) is 1. The van der Waals surface area contributed by atoms with Crippen LogP contribution in [0.3, 0.4) is 0 Å². The topological polar surface area (TPSA) is 58.1 Å². The van der Waals surface area contributed by atoms with Gasteiger partial charge >= 0.3 is 0 Å². The first kappa shape index (κ1) is 17.0. The molecule has 1 aliphatic heterocycles. The summed E-state index contributed by atoms with van der Waals surface area (Å²) in [5.74, 6) is 0.910. The number of benzene rings is 1. The molecule has 0 bridgehead atoms. The zero-order valence-corrected chi connectivity index (χ0v) is 14.8. The van der Waals surface area contributed by atoms with Gasteiger partial charge in [-0.05, 0) is 37.0 Å². The molecule has 1 aromatic heterocycles. The predicted molar refractivity (Wildman–Crippen MR) is 96.1 cm³/mol. The molecule has 2 aromatic rings. The Balaban J connectivity index is 1.69. The third-order valence-electron chi connectivity index (χ3n) is 3.96. The molecular formula is C17H18Cl2N4O. The molecule has 3 rings (SSSR count). The molecule has 1 amide bonds. The van der Waals surface area contributed by atoms with Crippen molar-refractivity contribution in [3.05, 3.63) is 46.2 Å². The Morgan fingerprint density at radius 2 is 1.88 bits per heavy atom. The van der Waals surface area contributed by atoms with E-state index in [0.717, 1.165) is 19.5 Å². The number of carbonyl (C=O) groups is 1. The maximum Gasteiger partial charge on any atom is 0.257 e. The second-order valence-electron chi connectivity index (χ2n) is 6.08. The van der Waals surface area contributed by atoms with Crippen molar-refractivity contribution >= 4 is 40.7 Å². The second-order valence-corrected chi connectivity index (χ2v) is 6.95. The van der Waals surface area contributed by atoms with E-state index >= 15 is 0 Å². The Morgan fingerprint density at radius 3 is 2.50 bits per heavy atom. The molecule has 5 nitrogen and oxygen atoms in total. The first-order chi connectivity index (χ1) is 11.5. The molecule has 0 saturated carbocycles. The highest BCUT2D eigenvalue weighted by molar-refractivity contribution is 6.35. The van der Waals surface area contributed by atoms with Gasteiger partial charge in [0.1, 0.15) is 0 Å². The lowest BCUT2D eigenvalue weighted by Gasteiger charge is -2.30. The molecule has 2 heterocycles.